The van der Waals surface area contributed by atoms with Crippen LogP contribution in [0, 0.1) is 11.8 Å². The van der Waals surface area contributed by atoms with E-state index in [0.29, 0.717) is 17.9 Å². The molecule has 0 amide bonds. The Morgan fingerprint density at radius 3 is 2.36 bits per heavy atom. The van der Waals surface area contributed by atoms with Crippen molar-refractivity contribution < 1.29 is 24.2 Å². The lowest BCUT2D eigenvalue weighted by atomic mass is 9.90. The molecule has 0 aromatic heterocycles. The van der Waals surface area contributed by atoms with Gasteiger partial charge in [-0.25, -0.2) is 4.79 Å². The Kier molecular flexibility index (Phi) is 8.46. The molecule has 0 aliphatic carbocycles. The van der Waals surface area contributed by atoms with Crippen LogP contribution in [-0.2, 0) is 14.3 Å². The van der Waals surface area contributed by atoms with Crippen molar-refractivity contribution in [2.45, 2.75) is 33.6 Å². The van der Waals surface area contributed by atoms with E-state index in [0.717, 1.165) is 0 Å². The number of benzene rings is 1. The Morgan fingerprint density at radius 1 is 1.24 bits per heavy atom. The van der Waals surface area contributed by atoms with Gasteiger partial charge in [-0.1, -0.05) is 13.8 Å². The first-order chi connectivity index (χ1) is 11.9. The summed E-state index contributed by atoms with van der Waals surface area (Å²) in [5.74, 6) is -1.20. The number of carbonyl (C=O) groups is 2. The van der Waals surface area contributed by atoms with Crippen LogP contribution >= 0.6 is 0 Å². The molecule has 7 nitrogen and oxygen atoms in total. The monoisotopic (exact) mass is 350 g/mol. The molecule has 2 N–H and O–H groups in total. The van der Waals surface area contributed by atoms with Gasteiger partial charge in [0.05, 0.1) is 25.8 Å². The molecule has 138 valence electrons. The topological polar surface area (TPSA) is 97.2 Å². The van der Waals surface area contributed by atoms with Gasteiger partial charge in [0.15, 0.2) is 0 Å². The third kappa shape index (κ3) is 7.24. The maximum absolute atomic E-state index is 12.3. The zero-order chi connectivity index (χ0) is 18.8. The summed E-state index contributed by atoms with van der Waals surface area (Å²) in [5.41, 5.74) is 3.55. The molecule has 0 fully saturated rings. The Hall–Kier alpha value is -2.57. The van der Waals surface area contributed by atoms with Gasteiger partial charge in [-0.2, -0.15) is 5.10 Å². The molecule has 0 unspecified atom stereocenters. The van der Waals surface area contributed by atoms with Crippen LogP contribution in [0.4, 0.5) is 5.69 Å². The number of ether oxygens (including phenoxy) is 2. The number of rotatable bonds is 10. The first-order valence-electron chi connectivity index (χ1n) is 8.23. The summed E-state index contributed by atoms with van der Waals surface area (Å²) in [6.07, 6.45) is 0.342. The van der Waals surface area contributed by atoms with E-state index in [1.54, 1.807) is 38.3 Å². The Balaban J connectivity index is 3.05. The van der Waals surface area contributed by atoms with Crippen LogP contribution in [0.1, 0.15) is 33.6 Å². The number of nitrogens with one attached hydrogen (secondary N) is 1. The molecule has 1 aromatic carbocycles. The zero-order valence-corrected chi connectivity index (χ0v) is 15.1. The second-order valence-corrected chi connectivity index (χ2v) is 5.98. The molecule has 0 aliphatic rings. The number of hydrogen-bond acceptors (Lipinski definition) is 6. The molecular formula is C18H26N2O5. The number of carboxylic acids is 1. The average molecular weight is 350 g/mol. The van der Waals surface area contributed by atoms with E-state index in [4.69, 9.17) is 14.6 Å². The van der Waals surface area contributed by atoms with Crippen molar-refractivity contribution in [3.05, 3.63) is 24.3 Å². The smallest absolute Gasteiger partial charge is 0.354 e. The molecule has 0 saturated carbocycles. The third-order valence-corrected chi connectivity index (χ3v) is 3.44. The second kappa shape index (κ2) is 10.3. The SMILES string of the molecule is CCOC(=O)/C(=N\Nc1ccc(OC)cc1)[C@H](CC(=O)O)CC(C)C. The average Bonchev–Trinajstić information content (AvgIpc) is 2.54. The standard InChI is InChI=1S/C18H26N2O5/c1-5-25-18(23)17(13(10-12(2)3)11-16(21)22)20-19-14-6-8-15(24-4)9-7-14/h6-9,12-13,19H,5,10-11H2,1-4H3,(H,21,22)/b20-17-/t13-/m0/s1. The van der Waals surface area contributed by atoms with Gasteiger partial charge in [0.1, 0.15) is 11.5 Å². The first-order valence-corrected chi connectivity index (χ1v) is 8.23. The fourth-order valence-corrected chi connectivity index (χ4v) is 2.37. The number of anilines is 1. The van der Waals surface area contributed by atoms with E-state index in [-0.39, 0.29) is 24.7 Å². The van der Waals surface area contributed by atoms with Gasteiger partial charge >= 0.3 is 11.9 Å². The fourth-order valence-electron chi connectivity index (χ4n) is 2.37. The highest BCUT2D eigenvalue weighted by atomic mass is 16.5. The highest BCUT2D eigenvalue weighted by molar-refractivity contribution is 6.37. The zero-order valence-electron chi connectivity index (χ0n) is 15.1. The lowest BCUT2D eigenvalue weighted by Crippen LogP contribution is -2.30. The number of carbonyl (C=O) groups excluding carboxylic acids is 1. The van der Waals surface area contributed by atoms with Crippen molar-refractivity contribution in [2.24, 2.45) is 16.9 Å². The lowest BCUT2D eigenvalue weighted by Gasteiger charge is -2.18. The minimum absolute atomic E-state index is 0.0915. The van der Waals surface area contributed by atoms with Crippen LogP contribution in [0.3, 0.4) is 0 Å². The molecule has 1 rings (SSSR count). The molecule has 25 heavy (non-hydrogen) atoms. The van der Waals surface area contributed by atoms with E-state index in [9.17, 15) is 9.59 Å². The number of hydrazone groups is 1. The fraction of sp³-hybridized carbons (Fsp3) is 0.500. The predicted octanol–water partition coefficient (Wildman–Crippen LogP) is 3.16. The van der Waals surface area contributed by atoms with E-state index in [1.165, 1.54) is 0 Å². The van der Waals surface area contributed by atoms with Crippen LogP contribution in [0.2, 0.25) is 0 Å². The third-order valence-electron chi connectivity index (χ3n) is 3.44. The van der Waals surface area contributed by atoms with E-state index in [1.807, 2.05) is 13.8 Å². The van der Waals surface area contributed by atoms with Crippen LogP contribution in [0.5, 0.6) is 5.75 Å². The summed E-state index contributed by atoms with van der Waals surface area (Å²) < 4.78 is 10.1. The molecule has 0 radical (unpaired) electrons. The quantitative estimate of drug-likeness (QED) is 0.382. The van der Waals surface area contributed by atoms with Gasteiger partial charge in [0, 0.05) is 5.92 Å². The summed E-state index contributed by atoms with van der Waals surface area (Å²) in [7, 11) is 1.57. The maximum atomic E-state index is 12.3. The number of methoxy groups -OCH3 is 1. The molecule has 0 aliphatic heterocycles. The van der Waals surface area contributed by atoms with Gasteiger partial charge in [-0.15, -0.1) is 0 Å². The summed E-state index contributed by atoms with van der Waals surface area (Å²) in [4.78, 5) is 23.4. The van der Waals surface area contributed by atoms with E-state index < -0.39 is 17.9 Å². The molecule has 1 atom stereocenters. The molecule has 0 heterocycles. The summed E-state index contributed by atoms with van der Waals surface area (Å²) >= 11 is 0. The largest absolute Gasteiger partial charge is 0.497 e. The van der Waals surface area contributed by atoms with Gasteiger partial charge < -0.3 is 14.6 Å². The number of carboxylic acid groups (broad SMARTS) is 1. The number of hydrogen-bond donors (Lipinski definition) is 2. The van der Waals surface area contributed by atoms with Crippen molar-refractivity contribution in [2.75, 3.05) is 19.1 Å². The molecule has 0 saturated heterocycles. The van der Waals surface area contributed by atoms with Crippen LogP contribution in [-0.4, -0.2) is 36.5 Å². The molecule has 0 spiro atoms. The molecule has 7 heteroatoms. The van der Waals surface area contributed by atoms with Crippen LogP contribution < -0.4 is 10.2 Å². The molecular weight excluding hydrogens is 324 g/mol. The predicted molar refractivity (Wildman–Crippen MR) is 95.9 cm³/mol. The summed E-state index contributed by atoms with van der Waals surface area (Å²) in [5, 5.41) is 13.3. The van der Waals surface area contributed by atoms with E-state index in [2.05, 4.69) is 10.5 Å². The number of esters is 1. The highest BCUT2D eigenvalue weighted by Gasteiger charge is 2.27. The minimum Gasteiger partial charge on any atom is -0.497 e. The van der Waals surface area contributed by atoms with Crippen LogP contribution in [0.15, 0.2) is 29.4 Å². The highest BCUT2D eigenvalue weighted by Crippen LogP contribution is 2.20. The lowest BCUT2D eigenvalue weighted by molar-refractivity contribution is -0.137. The van der Waals surface area contributed by atoms with Crippen molar-refractivity contribution in [1.82, 2.24) is 0 Å². The van der Waals surface area contributed by atoms with Crippen LogP contribution in [0.25, 0.3) is 0 Å². The van der Waals surface area contributed by atoms with Gasteiger partial charge in [-0.3, -0.25) is 10.2 Å². The Bertz CT molecular complexity index is 596. The van der Waals surface area contributed by atoms with E-state index >= 15 is 0 Å². The first kappa shape index (κ1) is 20.5. The molecule has 1 aromatic rings. The molecule has 0 bridgehead atoms. The van der Waals surface area contributed by atoms with Crippen molar-refractivity contribution in [3.63, 3.8) is 0 Å². The minimum atomic E-state index is -0.980. The maximum Gasteiger partial charge on any atom is 0.354 e. The number of aliphatic carboxylic acids is 1. The second-order valence-electron chi connectivity index (χ2n) is 5.98. The van der Waals surface area contributed by atoms with Crippen molar-refractivity contribution >= 4 is 23.3 Å². The normalized spacial score (nSPS) is 12.6. The van der Waals surface area contributed by atoms with Crippen molar-refractivity contribution in [3.8, 4) is 5.75 Å². The number of nitrogens with zero attached hydrogens (tertiary/aromatic N) is 1. The van der Waals surface area contributed by atoms with Gasteiger partial charge in [0.2, 0.25) is 0 Å². The van der Waals surface area contributed by atoms with Gasteiger partial charge in [-0.05, 0) is 43.5 Å². The van der Waals surface area contributed by atoms with Crippen molar-refractivity contribution in [1.29, 1.82) is 0 Å². The summed E-state index contributed by atoms with van der Waals surface area (Å²) in [6.45, 7) is 5.83. The summed E-state index contributed by atoms with van der Waals surface area (Å²) in [6, 6.07) is 7.01. The Labute approximate surface area is 148 Å². The Morgan fingerprint density at radius 2 is 1.88 bits per heavy atom. The van der Waals surface area contributed by atoms with Gasteiger partial charge in [0.25, 0.3) is 0 Å².